The fraction of sp³-hybridized carbons (Fsp3) is 0. The average molecular weight is 264 g/mol. The standard InChI is InChI=1S/C16H12N2O2/c19-16(14-9-5-11-20-14)18-15-10-4-8-13(17-15)12-6-2-1-3-7-12/h1-11H,(H,17,18,19). The number of nitrogens with zero attached hydrogens (tertiary/aromatic N) is 1. The van der Waals surface area contributed by atoms with Crippen LogP contribution in [-0.4, -0.2) is 10.9 Å². The lowest BCUT2D eigenvalue weighted by molar-refractivity contribution is 0.0996. The van der Waals surface area contributed by atoms with Crippen LogP contribution in [0.15, 0.2) is 71.3 Å². The zero-order valence-corrected chi connectivity index (χ0v) is 10.6. The van der Waals surface area contributed by atoms with Gasteiger partial charge in [-0.3, -0.25) is 4.79 Å². The lowest BCUT2D eigenvalue weighted by atomic mass is 10.1. The number of rotatable bonds is 3. The molecule has 0 aliphatic carbocycles. The highest BCUT2D eigenvalue weighted by Crippen LogP contribution is 2.18. The molecule has 0 aliphatic rings. The van der Waals surface area contributed by atoms with E-state index in [0.717, 1.165) is 11.3 Å². The molecule has 0 radical (unpaired) electrons. The molecule has 1 aromatic carbocycles. The second-order valence-corrected chi connectivity index (χ2v) is 4.21. The first-order chi connectivity index (χ1) is 9.83. The van der Waals surface area contributed by atoms with Crippen LogP contribution in [0.3, 0.4) is 0 Å². The van der Waals surface area contributed by atoms with Crippen molar-refractivity contribution >= 4 is 11.7 Å². The molecule has 20 heavy (non-hydrogen) atoms. The minimum Gasteiger partial charge on any atom is -0.459 e. The van der Waals surface area contributed by atoms with Crippen LogP contribution in [0.4, 0.5) is 5.82 Å². The number of amides is 1. The molecular weight excluding hydrogens is 252 g/mol. The summed E-state index contributed by atoms with van der Waals surface area (Å²) in [6, 6.07) is 18.6. The van der Waals surface area contributed by atoms with E-state index in [0.29, 0.717) is 5.82 Å². The summed E-state index contributed by atoms with van der Waals surface area (Å²) in [5, 5.41) is 2.71. The maximum atomic E-state index is 11.9. The summed E-state index contributed by atoms with van der Waals surface area (Å²) in [6.07, 6.45) is 1.46. The van der Waals surface area contributed by atoms with Crippen molar-refractivity contribution < 1.29 is 9.21 Å². The fourth-order valence-corrected chi connectivity index (χ4v) is 1.86. The summed E-state index contributed by atoms with van der Waals surface area (Å²) in [4.78, 5) is 16.3. The molecule has 0 unspecified atom stereocenters. The fourth-order valence-electron chi connectivity index (χ4n) is 1.86. The van der Waals surface area contributed by atoms with Crippen molar-refractivity contribution in [3.8, 4) is 11.3 Å². The van der Waals surface area contributed by atoms with Gasteiger partial charge in [0.05, 0.1) is 12.0 Å². The number of benzene rings is 1. The molecular formula is C16H12N2O2. The average Bonchev–Trinajstić information content (AvgIpc) is 3.03. The van der Waals surface area contributed by atoms with Gasteiger partial charge in [0.15, 0.2) is 5.76 Å². The third-order valence-electron chi connectivity index (χ3n) is 2.81. The Balaban J connectivity index is 1.83. The molecule has 3 rings (SSSR count). The Morgan fingerprint density at radius 3 is 2.55 bits per heavy atom. The van der Waals surface area contributed by atoms with Gasteiger partial charge in [0, 0.05) is 5.56 Å². The summed E-state index contributed by atoms with van der Waals surface area (Å²) >= 11 is 0. The normalized spacial score (nSPS) is 10.2. The topological polar surface area (TPSA) is 55.1 Å². The molecule has 4 nitrogen and oxygen atoms in total. The van der Waals surface area contributed by atoms with E-state index in [1.54, 1.807) is 18.2 Å². The number of furan rings is 1. The van der Waals surface area contributed by atoms with E-state index < -0.39 is 0 Å². The van der Waals surface area contributed by atoms with Gasteiger partial charge >= 0.3 is 0 Å². The maximum Gasteiger partial charge on any atom is 0.292 e. The number of hydrogen-bond acceptors (Lipinski definition) is 3. The third kappa shape index (κ3) is 2.59. The Hall–Kier alpha value is -2.88. The largest absolute Gasteiger partial charge is 0.459 e. The first-order valence-electron chi connectivity index (χ1n) is 6.20. The van der Waals surface area contributed by atoms with Crippen molar-refractivity contribution in [3.63, 3.8) is 0 Å². The molecule has 3 aromatic rings. The van der Waals surface area contributed by atoms with Crippen molar-refractivity contribution in [1.29, 1.82) is 0 Å². The van der Waals surface area contributed by atoms with Crippen LogP contribution >= 0.6 is 0 Å². The van der Waals surface area contributed by atoms with Crippen LogP contribution < -0.4 is 5.32 Å². The van der Waals surface area contributed by atoms with E-state index in [2.05, 4.69) is 10.3 Å². The number of pyridine rings is 1. The monoisotopic (exact) mass is 264 g/mol. The van der Waals surface area contributed by atoms with Crippen molar-refractivity contribution in [3.05, 3.63) is 72.7 Å². The summed E-state index contributed by atoms with van der Waals surface area (Å²) in [5.74, 6) is 0.442. The zero-order valence-electron chi connectivity index (χ0n) is 10.6. The highest BCUT2D eigenvalue weighted by atomic mass is 16.3. The summed E-state index contributed by atoms with van der Waals surface area (Å²) in [6.45, 7) is 0. The van der Waals surface area contributed by atoms with E-state index in [4.69, 9.17) is 4.42 Å². The van der Waals surface area contributed by atoms with Crippen LogP contribution in [0.2, 0.25) is 0 Å². The Morgan fingerprint density at radius 2 is 1.80 bits per heavy atom. The summed E-state index contributed by atoms with van der Waals surface area (Å²) in [5.41, 5.74) is 1.81. The minimum absolute atomic E-state index is 0.261. The number of anilines is 1. The van der Waals surface area contributed by atoms with E-state index in [-0.39, 0.29) is 11.7 Å². The highest BCUT2D eigenvalue weighted by Gasteiger charge is 2.09. The lowest BCUT2D eigenvalue weighted by Crippen LogP contribution is -2.12. The van der Waals surface area contributed by atoms with Crippen molar-refractivity contribution in [1.82, 2.24) is 4.98 Å². The number of carbonyl (C=O) groups excluding carboxylic acids is 1. The van der Waals surface area contributed by atoms with E-state index >= 15 is 0 Å². The molecule has 98 valence electrons. The Kier molecular flexibility index (Phi) is 3.29. The van der Waals surface area contributed by atoms with Gasteiger partial charge in [-0.2, -0.15) is 0 Å². The highest BCUT2D eigenvalue weighted by molar-refractivity contribution is 6.01. The zero-order chi connectivity index (χ0) is 13.8. The van der Waals surface area contributed by atoms with Gasteiger partial charge in [-0.15, -0.1) is 0 Å². The minimum atomic E-state index is -0.312. The predicted octanol–water partition coefficient (Wildman–Crippen LogP) is 3.59. The van der Waals surface area contributed by atoms with Gasteiger partial charge in [-0.05, 0) is 24.3 Å². The first-order valence-corrected chi connectivity index (χ1v) is 6.20. The summed E-state index contributed by atoms with van der Waals surface area (Å²) < 4.78 is 5.04. The van der Waals surface area contributed by atoms with Gasteiger partial charge in [0.2, 0.25) is 0 Å². The second kappa shape index (κ2) is 5.40. The number of nitrogens with one attached hydrogen (secondary N) is 1. The Morgan fingerprint density at radius 1 is 0.950 bits per heavy atom. The van der Waals surface area contributed by atoms with E-state index in [9.17, 15) is 4.79 Å². The van der Waals surface area contributed by atoms with Gasteiger partial charge < -0.3 is 9.73 Å². The van der Waals surface area contributed by atoms with Crippen LogP contribution in [0.25, 0.3) is 11.3 Å². The molecule has 0 fully saturated rings. The van der Waals surface area contributed by atoms with Crippen molar-refractivity contribution in [2.45, 2.75) is 0 Å². The van der Waals surface area contributed by atoms with Crippen LogP contribution in [0, 0.1) is 0 Å². The molecule has 0 atom stereocenters. The first kappa shape index (κ1) is 12.2. The van der Waals surface area contributed by atoms with E-state index in [1.165, 1.54) is 6.26 Å². The lowest BCUT2D eigenvalue weighted by Gasteiger charge is -2.05. The second-order valence-electron chi connectivity index (χ2n) is 4.21. The molecule has 0 saturated carbocycles. The number of carbonyl (C=O) groups is 1. The summed E-state index contributed by atoms with van der Waals surface area (Å²) in [7, 11) is 0. The Labute approximate surface area is 116 Å². The van der Waals surface area contributed by atoms with Crippen LogP contribution in [-0.2, 0) is 0 Å². The van der Waals surface area contributed by atoms with Crippen molar-refractivity contribution in [2.75, 3.05) is 5.32 Å². The molecule has 1 amide bonds. The molecule has 2 aromatic heterocycles. The SMILES string of the molecule is O=C(Nc1cccc(-c2ccccc2)n1)c1ccco1. The van der Waals surface area contributed by atoms with Crippen LogP contribution in [0.1, 0.15) is 10.6 Å². The molecule has 0 saturated heterocycles. The third-order valence-corrected chi connectivity index (χ3v) is 2.81. The van der Waals surface area contributed by atoms with E-state index in [1.807, 2.05) is 42.5 Å². The number of aromatic nitrogens is 1. The van der Waals surface area contributed by atoms with Crippen LogP contribution in [0.5, 0.6) is 0 Å². The van der Waals surface area contributed by atoms with Crippen molar-refractivity contribution in [2.24, 2.45) is 0 Å². The molecule has 0 bridgehead atoms. The smallest absolute Gasteiger partial charge is 0.292 e. The molecule has 4 heteroatoms. The molecule has 1 N–H and O–H groups in total. The van der Waals surface area contributed by atoms with Gasteiger partial charge in [-0.1, -0.05) is 36.4 Å². The Bertz CT molecular complexity index is 706. The number of hydrogen-bond donors (Lipinski definition) is 1. The quantitative estimate of drug-likeness (QED) is 0.786. The molecule has 2 heterocycles. The predicted molar refractivity (Wildman–Crippen MR) is 76.3 cm³/mol. The van der Waals surface area contributed by atoms with Gasteiger partial charge in [0.1, 0.15) is 5.82 Å². The molecule has 0 aliphatic heterocycles. The van der Waals surface area contributed by atoms with Gasteiger partial charge in [0.25, 0.3) is 5.91 Å². The maximum absolute atomic E-state index is 11.9. The molecule has 0 spiro atoms. The van der Waals surface area contributed by atoms with Gasteiger partial charge in [-0.25, -0.2) is 4.98 Å².